The summed E-state index contributed by atoms with van der Waals surface area (Å²) in [6.07, 6.45) is 0.648. The van der Waals surface area contributed by atoms with E-state index in [4.69, 9.17) is 11.6 Å². The fourth-order valence-electron chi connectivity index (χ4n) is 2.97. The first-order chi connectivity index (χ1) is 14.3. The number of rotatable bonds is 10. The van der Waals surface area contributed by atoms with Gasteiger partial charge >= 0.3 is 0 Å². The maximum atomic E-state index is 14.0. The normalized spacial score (nSPS) is 11.9. The van der Waals surface area contributed by atoms with E-state index < -0.39 is 6.04 Å². The van der Waals surface area contributed by atoms with Crippen LogP contribution in [0.25, 0.3) is 0 Å². The molecule has 0 radical (unpaired) electrons. The predicted molar refractivity (Wildman–Crippen MR) is 122 cm³/mol. The van der Waals surface area contributed by atoms with Gasteiger partial charge in [0.1, 0.15) is 11.9 Å². The molecule has 0 aromatic heterocycles. The van der Waals surface area contributed by atoms with Crippen molar-refractivity contribution in [3.63, 3.8) is 0 Å². The highest BCUT2D eigenvalue weighted by Gasteiger charge is 2.26. The zero-order valence-electron chi connectivity index (χ0n) is 17.5. The van der Waals surface area contributed by atoms with Crippen molar-refractivity contribution in [1.29, 1.82) is 0 Å². The van der Waals surface area contributed by atoms with E-state index in [0.29, 0.717) is 23.6 Å². The minimum absolute atomic E-state index is 0.0106. The Hall–Kier alpha value is -2.05. The Morgan fingerprint density at radius 3 is 2.43 bits per heavy atom. The molecule has 0 saturated carbocycles. The van der Waals surface area contributed by atoms with Crippen molar-refractivity contribution in [1.82, 2.24) is 10.2 Å². The van der Waals surface area contributed by atoms with E-state index in [0.717, 1.165) is 5.56 Å². The molecule has 0 aliphatic heterocycles. The summed E-state index contributed by atoms with van der Waals surface area (Å²) < 4.78 is 14.0. The van der Waals surface area contributed by atoms with Gasteiger partial charge in [0.2, 0.25) is 11.8 Å². The SMILES string of the molecule is CC(C)NC(=O)[C@H](C)N(CCc1ccccc1)C(=O)CSCc1c(F)cccc1Cl. The van der Waals surface area contributed by atoms with Crippen LogP contribution >= 0.6 is 23.4 Å². The zero-order chi connectivity index (χ0) is 22.1. The molecule has 0 bridgehead atoms. The molecule has 7 heteroatoms. The van der Waals surface area contributed by atoms with Gasteiger partial charge in [-0.2, -0.15) is 0 Å². The van der Waals surface area contributed by atoms with Gasteiger partial charge in [0.25, 0.3) is 0 Å². The van der Waals surface area contributed by atoms with Gasteiger partial charge in [-0.05, 0) is 44.9 Å². The fourth-order valence-corrected chi connectivity index (χ4v) is 4.22. The minimum atomic E-state index is -0.596. The number of carbonyl (C=O) groups excluding carboxylic acids is 2. The van der Waals surface area contributed by atoms with Gasteiger partial charge in [0, 0.05) is 28.9 Å². The molecule has 1 N–H and O–H groups in total. The van der Waals surface area contributed by atoms with E-state index >= 15 is 0 Å². The van der Waals surface area contributed by atoms with Crippen LogP contribution in [-0.2, 0) is 21.8 Å². The summed E-state index contributed by atoms with van der Waals surface area (Å²) in [6, 6.07) is 13.8. The van der Waals surface area contributed by atoms with Gasteiger partial charge in [0.15, 0.2) is 0 Å². The highest BCUT2D eigenvalue weighted by atomic mass is 35.5. The van der Waals surface area contributed by atoms with Gasteiger partial charge in [-0.15, -0.1) is 11.8 Å². The lowest BCUT2D eigenvalue weighted by atomic mass is 10.1. The lowest BCUT2D eigenvalue weighted by Crippen LogP contribution is -2.50. The lowest BCUT2D eigenvalue weighted by molar-refractivity contribution is -0.138. The van der Waals surface area contributed by atoms with E-state index in [1.54, 1.807) is 24.0 Å². The molecule has 0 fully saturated rings. The van der Waals surface area contributed by atoms with Crippen molar-refractivity contribution in [2.45, 2.75) is 45.0 Å². The number of hydrogen-bond acceptors (Lipinski definition) is 3. The molecule has 0 unspecified atom stereocenters. The Balaban J connectivity index is 2.03. The van der Waals surface area contributed by atoms with Crippen molar-refractivity contribution in [2.75, 3.05) is 12.3 Å². The molecule has 0 aliphatic carbocycles. The third-order valence-electron chi connectivity index (χ3n) is 4.62. The molecule has 2 amide bonds. The number of amides is 2. The standard InChI is InChI=1S/C23H28ClFN2O2S/c1-16(2)26-23(29)17(3)27(13-12-18-8-5-4-6-9-18)22(28)15-30-14-19-20(24)10-7-11-21(19)25/h4-11,16-17H,12-15H2,1-3H3,(H,26,29)/t17-/m0/s1. The number of benzene rings is 2. The molecule has 30 heavy (non-hydrogen) atoms. The second kappa shape index (κ2) is 12.0. The first kappa shape index (κ1) is 24.2. The van der Waals surface area contributed by atoms with Crippen LogP contribution in [0.15, 0.2) is 48.5 Å². The van der Waals surface area contributed by atoms with Crippen LogP contribution < -0.4 is 5.32 Å². The summed E-state index contributed by atoms with van der Waals surface area (Å²) >= 11 is 7.35. The average Bonchev–Trinajstić information content (AvgIpc) is 2.70. The van der Waals surface area contributed by atoms with Crippen LogP contribution in [0.5, 0.6) is 0 Å². The Labute approximate surface area is 187 Å². The summed E-state index contributed by atoms with van der Waals surface area (Å²) in [5.74, 6) is -0.300. The third kappa shape index (κ3) is 7.33. The van der Waals surface area contributed by atoms with Crippen LogP contribution in [0.4, 0.5) is 4.39 Å². The molecule has 0 spiro atoms. The molecule has 0 saturated heterocycles. The monoisotopic (exact) mass is 450 g/mol. The number of nitrogens with one attached hydrogen (secondary N) is 1. The van der Waals surface area contributed by atoms with Crippen LogP contribution in [0.2, 0.25) is 5.02 Å². The minimum Gasteiger partial charge on any atom is -0.352 e. The van der Waals surface area contributed by atoms with E-state index in [9.17, 15) is 14.0 Å². The number of thioether (sulfide) groups is 1. The molecular weight excluding hydrogens is 423 g/mol. The average molecular weight is 451 g/mol. The molecule has 0 heterocycles. The smallest absolute Gasteiger partial charge is 0.242 e. The van der Waals surface area contributed by atoms with Gasteiger partial charge in [-0.25, -0.2) is 4.39 Å². The van der Waals surface area contributed by atoms with Crippen molar-refractivity contribution >= 4 is 35.2 Å². The van der Waals surface area contributed by atoms with Crippen LogP contribution in [0, 0.1) is 5.82 Å². The maximum absolute atomic E-state index is 14.0. The van der Waals surface area contributed by atoms with E-state index in [1.807, 2.05) is 44.2 Å². The summed E-state index contributed by atoms with van der Waals surface area (Å²) in [7, 11) is 0. The molecule has 2 rings (SSSR count). The number of hydrogen-bond donors (Lipinski definition) is 1. The predicted octanol–water partition coefficient (Wildman–Crippen LogP) is 4.70. The maximum Gasteiger partial charge on any atom is 0.242 e. The number of halogens is 2. The molecular formula is C23H28ClFN2O2S. The van der Waals surface area contributed by atoms with Crippen molar-refractivity contribution in [2.24, 2.45) is 0 Å². The van der Waals surface area contributed by atoms with E-state index in [2.05, 4.69) is 5.32 Å². The second-order valence-electron chi connectivity index (χ2n) is 7.36. The van der Waals surface area contributed by atoms with E-state index in [-0.39, 0.29) is 35.2 Å². The van der Waals surface area contributed by atoms with Crippen molar-refractivity contribution in [3.8, 4) is 0 Å². The first-order valence-electron chi connectivity index (χ1n) is 9.94. The van der Waals surface area contributed by atoms with Crippen molar-refractivity contribution in [3.05, 3.63) is 70.5 Å². The molecule has 0 aliphatic rings. The molecule has 2 aromatic carbocycles. The highest BCUT2D eigenvalue weighted by molar-refractivity contribution is 7.99. The largest absolute Gasteiger partial charge is 0.352 e. The Morgan fingerprint density at radius 1 is 1.10 bits per heavy atom. The second-order valence-corrected chi connectivity index (χ2v) is 8.75. The molecule has 1 atom stereocenters. The van der Waals surface area contributed by atoms with Crippen molar-refractivity contribution < 1.29 is 14.0 Å². The summed E-state index contributed by atoms with van der Waals surface area (Å²) in [5.41, 5.74) is 1.48. The van der Waals surface area contributed by atoms with Crippen LogP contribution in [0.1, 0.15) is 31.9 Å². The van der Waals surface area contributed by atoms with E-state index in [1.165, 1.54) is 17.8 Å². The van der Waals surface area contributed by atoms with Crippen LogP contribution in [0.3, 0.4) is 0 Å². The summed E-state index contributed by atoms with van der Waals surface area (Å²) in [6.45, 7) is 5.93. The Kier molecular flexibility index (Phi) is 9.66. The Morgan fingerprint density at radius 2 is 1.80 bits per heavy atom. The third-order valence-corrected chi connectivity index (χ3v) is 5.91. The van der Waals surface area contributed by atoms with Crippen LogP contribution in [-0.4, -0.2) is 41.1 Å². The molecule has 162 valence electrons. The first-order valence-corrected chi connectivity index (χ1v) is 11.5. The van der Waals surface area contributed by atoms with Gasteiger partial charge < -0.3 is 10.2 Å². The lowest BCUT2D eigenvalue weighted by Gasteiger charge is -2.29. The fraction of sp³-hybridized carbons (Fsp3) is 0.391. The topological polar surface area (TPSA) is 49.4 Å². The quantitative estimate of drug-likeness (QED) is 0.571. The Bertz CT molecular complexity index is 828. The number of nitrogens with zero attached hydrogens (tertiary/aromatic N) is 1. The summed E-state index contributed by atoms with van der Waals surface area (Å²) in [5, 5.41) is 3.21. The van der Waals surface area contributed by atoms with Gasteiger partial charge in [-0.1, -0.05) is 48.0 Å². The van der Waals surface area contributed by atoms with Gasteiger partial charge in [0.05, 0.1) is 5.75 Å². The number of carbonyl (C=O) groups is 2. The highest BCUT2D eigenvalue weighted by Crippen LogP contribution is 2.24. The molecule has 2 aromatic rings. The molecule has 4 nitrogen and oxygen atoms in total. The zero-order valence-corrected chi connectivity index (χ0v) is 19.1. The van der Waals surface area contributed by atoms with Gasteiger partial charge in [-0.3, -0.25) is 9.59 Å². The summed E-state index contributed by atoms with van der Waals surface area (Å²) in [4.78, 5) is 27.1.